The number of nitrogens with one attached hydrogen (secondary N) is 1. The smallest absolute Gasteiger partial charge is 0.234 e. The number of piperidine rings is 1. The number of rotatable bonds is 5. The van der Waals surface area contributed by atoms with Crippen LogP contribution in [0.25, 0.3) is 0 Å². The van der Waals surface area contributed by atoms with E-state index in [1.54, 1.807) is 7.11 Å². The van der Waals surface area contributed by atoms with Crippen molar-refractivity contribution in [1.82, 2.24) is 10.2 Å². The molecule has 22 heavy (non-hydrogen) atoms. The van der Waals surface area contributed by atoms with Gasteiger partial charge in [0.15, 0.2) is 0 Å². The number of benzene rings is 1. The van der Waals surface area contributed by atoms with Gasteiger partial charge in [-0.25, -0.2) is 0 Å². The zero-order valence-electron chi connectivity index (χ0n) is 13.0. The zero-order valence-corrected chi connectivity index (χ0v) is 13.0. The van der Waals surface area contributed by atoms with E-state index >= 15 is 0 Å². The van der Waals surface area contributed by atoms with Crippen molar-refractivity contribution in [3.8, 4) is 5.75 Å². The van der Waals surface area contributed by atoms with Gasteiger partial charge in [-0.3, -0.25) is 9.69 Å². The molecule has 1 saturated carbocycles. The van der Waals surface area contributed by atoms with Gasteiger partial charge in [-0.1, -0.05) is 18.2 Å². The predicted octanol–water partition coefficient (Wildman–Crippen LogP) is 1.26. The lowest BCUT2D eigenvalue weighted by Gasteiger charge is -2.38. The Kier molecular flexibility index (Phi) is 4.36. The molecule has 0 aromatic heterocycles. The van der Waals surface area contributed by atoms with Crippen molar-refractivity contribution >= 4 is 5.91 Å². The number of likely N-dealkylation sites (tertiary alicyclic amines) is 1. The Hall–Kier alpha value is -1.59. The lowest BCUT2D eigenvalue weighted by Crippen LogP contribution is -2.46. The third-order valence-corrected chi connectivity index (χ3v) is 4.60. The third kappa shape index (κ3) is 3.42. The minimum Gasteiger partial charge on any atom is -0.496 e. The van der Waals surface area contributed by atoms with Crippen LogP contribution >= 0.6 is 0 Å². The first-order chi connectivity index (χ1) is 10.6. The largest absolute Gasteiger partial charge is 0.496 e. The molecule has 2 aliphatic rings. The highest BCUT2D eigenvalue weighted by Crippen LogP contribution is 2.37. The second kappa shape index (κ2) is 6.26. The van der Waals surface area contributed by atoms with E-state index in [1.165, 1.54) is 0 Å². The fourth-order valence-corrected chi connectivity index (χ4v) is 3.08. The highest BCUT2D eigenvalue weighted by Gasteiger charge is 2.36. The van der Waals surface area contributed by atoms with Crippen LogP contribution in [0.4, 0.5) is 0 Å². The number of para-hydroxylation sites is 1. The number of aliphatic hydroxyl groups is 1. The van der Waals surface area contributed by atoms with Crippen molar-refractivity contribution in [1.29, 1.82) is 0 Å². The summed E-state index contributed by atoms with van der Waals surface area (Å²) in [5.41, 5.74) is -0.0182. The second-order valence-corrected chi connectivity index (χ2v) is 6.35. The molecule has 1 saturated heterocycles. The summed E-state index contributed by atoms with van der Waals surface area (Å²) in [4.78, 5) is 14.0. The summed E-state index contributed by atoms with van der Waals surface area (Å²) < 4.78 is 5.37. The molecule has 5 nitrogen and oxygen atoms in total. The minimum atomic E-state index is -0.865. The van der Waals surface area contributed by atoms with Crippen molar-refractivity contribution < 1.29 is 14.6 Å². The molecule has 0 radical (unpaired) electrons. The molecule has 0 bridgehead atoms. The highest BCUT2D eigenvalue weighted by atomic mass is 16.5. The fourth-order valence-electron chi connectivity index (χ4n) is 3.08. The normalized spacial score (nSPS) is 21.4. The maximum absolute atomic E-state index is 11.9. The van der Waals surface area contributed by atoms with E-state index < -0.39 is 5.60 Å². The summed E-state index contributed by atoms with van der Waals surface area (Å²) in [7, 11) is 1.62. The summed E-state index contributed by atoms with van der Waals surface area (Å²) in [5.74, 6) is 0.829. The Morgan fingerprint density at radius 3 is 2.68 bits per heavy atom. The van der Waals surface area contributed by atoms with Crippen molar-refractivity contribution in [3.05, 3.63) is 29.8 Å². The number of methoxy groups -OCH3 is 1. The van der Waals surface area contributed by atoms with Crippen LogP contribution in [0.2, 0.25) is 0 Å². The van der Waals surface area contributed by atoms with Gasteiger partial charge in [-0.05, 0) is 31.7 Å². The van der Waals surface area contributed by atoms with Gasteiger partial charge in [-0.2, -0.15) is 0 Å². The fraction of sp³-hybridized carbons (Fsp3) is 0.588. The van der Waals surface area contributed by atoms with Crippen LogP contribution in [0.5, 0.6) is 5.75 Å². The molecule has 1 aliphatic heterocycles. The van der Waals surface area contributed by atoms with Gasteiger partial charge < -0.3 is 15.2 Å². The Morgan fingerprint density at radius 1 is 1.36 bits per heavy atom. The maximum atomic E-state index is 11.9. The van der Waals surface area contributed by atoms with Crippen molar-refractivity contribution in [3.63, 3.8) is 0 Å². The molecule has 0 spiro atoms. The first-order valence-corrected chi connectivity index (χ1v) is 7.98. The molecule has 1 amide bonds. The van der Waals surface area contributed by atoms with Crippen LogP contribution < -0.4 is 10.1 Å². The van der Waals surface area contributed by atoms with Crippen molar-refractivity contribution in [2.45, 2.75) is 37.3 Å². The summed E-state index contributed by atoms with van der Waals surface area (Å²) in [5, 5.41) is 14.0. The zero-order chi connectivity index (χ0) is 15.6. The lowest BCUT2D eigenvalue weighted by atomic mass is 9.84. The molecule has 5 heteroatoms. The van der Waals surface area contributed by atoms with Crippen molar-refractivity contribution in [2.75, 3.05) is 26.7 Å². The highest BCUT2D eigenvalue weighted by molar-refractivity contribution is 5.78. The van der Waals surface area contributed by atoms with E-state index in [0.29, 0.717) is 38.5 Å². The van der Waals surface area contributed by atoms with Gasteiger partial charge in [0.1, 0.15) is 5.75 Å². The molecule has 0 atom stereocenters. The van der Waals surface area contributed by atoms with Crippen LogP contribution in [-0.2, 0) is 10.4 Å². The monoisotopic (exact) mass is 304 g/mol. The van der Waals surface area contributed by atoms with Crippen molar-refractivity contribution in [2.24, 2.45) is 0 Å². The number of amides is 1. The van der Waals surface area contributed by atoms with Crippen LogP contribution in [0.1, 0.15) is 31.2 Å². The SMILES string of the molecule is COc1ccccc1C1(O)CCN(CC(=O)NC2CC2)CC1. The molecule has 1 aromatic carbocycles. The number of hydrogen-bond acceptors (Lipinski definition) is 4. The maximum Gasteiger partial charge on any atom is 0.234 e. The Labute approximate surface area is 131 Å². The van der Waals surface area contributed by atoms with Crippen LogP contribution in [-0.4, -0.2) is 48.7 Å². The van der Waals surface area contributed by atoms with Gasteiger partial charge in [0.2, 0.25) is 5.91 Å². The predicted molar refractivity (Wildman–Crippen MR) is 83.7 cm³/mol. The van der Waals surface area contributed by atoms with E-state index in [9.17, 15) is 9.90 Å². The molecule has 1 aromatic rings. The second-order valence-electron chi connectivity index (χ2n) is 6.35. The van der Waals surface area contributed by atoms with Gasteiger partial charge in [0.05, 0.1) is 19.3 Å². The first kappa shape index (κ1) is 15.3. The number of nitrogens with zero attached hydrogens (tertiary/aromatic N) is 1. The van der Waals surface area contributed by atoms with E-state index in [-0.39, 0.29) is 5.91 Å². The Bertz CT molecular complexity index is 534. The first-order valence-electron chi connectivity index (χ1n) is 7.98. The number of carbonyl (C=O) groups excluding carboxylic acids is 1. The number of hydrogen-bond donors (Lipinski definition) is 2. The third-order valence-electron chi connectivity index (χ3n) is 4.60. The molecule has 1 heterocycles. The van der Waals surface area contributed by atoms with E-state index in [2.05, 4.69) is 10.2 Å². The van der Waals surface area contributed by atoms with Crippen LogP contribution in [0.3, 0.4) is 0 Å². The lowest BCUT2D eigenvalue weighted by molar-refractivity contribution is -0.123. The molecular formula is C17H24N2O3. The Balaban J connectivity index is 1.58. The Morgan fingerprint density at radius 2 is 2.05 bits per heavy atom. The van der Waals surface area contributed by atoms with Crippen LogP contribution in [0.15, 0.2) is 24.3 Å². The molecule has 2 fully saturated rings. The minimum absolute atomic E-state index is 0.102. The quantitative estimate of drug-likeness (QED) is 0.860. The topological polar surface area (TPSA) is 61.8 Å². The average molecular weight is 304 g/mol. The average Bonchev–Trinajstić information content (AvgIpc) is 3.33. The number of carbonyl (C=O) groups is 1. The van der Waals surface area contributed by atoms with Crippen LogP contribution in [0, 0.1) is 0 Å². The molecule has 2 N–H and O–H groups in total. The molecule has 1 aliphatic carbocycles. The van der Waals surface area contributed by atoms with Gasteiger partial charge in [0, 0.05) is 24.7 Å². The van der Waals surface area contributed by atoms with E-state index in [0.717, 1.165) is 24.2 Å². The summed E-state index contributed by atoms with van der Waals surface area (Å²) in [6.07, 6.45) is 3.45. The van der Waals surface area contributed by atoms with E-state index in [1.807, 2.05) is 24.3 Å². The molecular weight excluding hydrogens is 280 g/mol. The van der Waals surface area contributed by atoms with Gasteiger partial charge in [0.25, 0.3) is 0 Å². The summed E-state index contributed by atoms with van der Waals surface area (Å²) in [6.45, 7) is 1.86. The van der Waals surface area contributed by atoms with Gasteiger partial charge >= 0.3 is 0 Å². The number of ether oxygens (including phenoxy) is 1. The molecule has 120 valence electrons. The summed E-state index contributed by atoms with van der Waals surface area (Å²) >= 11 is 0. The standard InChI is InChI=1S/C17H24N2O3/c1-22-15-5-3-2-4-14(15)17(21)8-10-19(11-9-17)12-16(20)18-13-6-7-13/h2-5,13,21H,6-12H2,1H3,(H,18,20). The van der Waals surface area contributed by atoms with Gasteiger partial charge in [-0.15, -0.1) is 0 Å². The van der Waals surface area contributed by atoms with E-state index in [4.69, 9.17) is 4.74 Å². The molecule has 3 rings (SSSR count). The molecule has 0 unspecified atom stereocenters. The summed E-state index contributed by atoms with van der Waals surface area (Å²) in [6, 6.07) is 8.04.